The van der Waals surface area contributed by atoms with Gasteiger partial charge < -0.3 is 14.4 Å². The summed E-state index contributed by atoms with van der Waals surface area (Å²) in [5.74, 6) is -0.503. The minimum Gasteiger partial charge on any atom is -0.464 e. The number of aromatic nitrogens is 2. The molecule has 1 aliphatic heterocycles. The number of hydrogen-bond acceptors (Lipinski definition) is 5. The van der Waals surface area contributed by atoms with Crippen LogP contribution in [0.3, 0.4) is 0 Å². The second-order valence-electron chi connectivity index (χ2n) is 6.08. The molecule has 0 bridgehead atoms. The monoisotopic (exact) mass is 373 g/mol. The lowest BCUT2D eigenvalue weighted by atomic mass is 10.2. The first kappa shape index (κ1) is 16.8. The van der Waals surface area contributed by atoms with Gasteiger partial charge >= 0.3 is 12.1 Å². The lowest BCUT2D eigenvalue weighted by molar-refractivity contribution is 0.0236. The molecule has 1 aromatic heterocycles. The van der Waals surface area contributed by atoms with Crippen LogP contribution < -0.4 is 0 Å². The van der Waals surface area contributed by atoms with E-state index in [9.17, 15) is 9.59 Å². The van der Waals surface area contributed by atoms with Crippen molar-refractivity contribution in [2.24, 2.45) is 0 Å². The Morgan fingerprint density at radius 1 is 1.27 bits per heavy atom. The normalized spacial score (nSPS) is 15.0. The number of aryl methyl sites for hydroxylation is 1. The summed E-state index contributed by atoms with van der Waals surface area (Å²) in [7, 11) is 1.31. The van der Waals surface area contributed by atoms with Crippen LogP contribution >= 0.6 is 15.9 Å². The molecule has 1 amide bonds. The third kappa shape index (κ3) is 3.60. The molecule has 0 atom stereocenters. The highest BCUT2D eigenvalue weighted by Crippen LogP contribution is 2.26. The van der Waals surface area contributed by atoms with Crippen LogP contribution in [0.5, 0.6) is 0 Å². The van der Waals surface area contributed by atoms with Crippen molar-refractivity contribution in [1.29, 1.82) is 0 Å². The third-order valence-corrected chi connectivity index (χ3v) is 4.00. The number of halogens is 1. The molecule has 0 unspecified atom stereocenters. The zero-order valence-corrected chi connectivity index (χ0v) is 14.8. The largest absolute Gasteiger partial charge is 0.464 e. The van der Waals surface area contributed by atoms with Crippen molar-refractivity contribution in [3.05, 3.63) is 15.9 Å². The van der Waals surface area contributed by atoms with Crippen LogP contribution in [0.25, 0.3) is 0 Å². The van der Waals surface area contributed by atoms with Crippen molar-refractivity contribution in [3.63, 3.8) is 0 Å². The maximum atomic E-state index is 12.3. The fourth-order valence-corrected chi connectivity index (χ4v) is 2.76. The van der Waals surface area contributed by atoms with E-state index in [1.165, 1.54) is 7.11 Å². The van der Waals surface area contributed by atoms with Gasteiger partial charge in [0.05, 0.1) is 23.8 Å². The first-order chi connectivity index (χ1) is 10.2. The zero-order chi connectivity index (χ0) is 16.5. The van der Waals surface area contributed by atoms with E-state index in [2.05, 4.69) is 21.0 Å². The number of fused-ring (bicyclic) bond motifs is 1. The molecule has 0 saturated carbocycles. The van der Waals surface area contributed by atoms with Crippen molar-refractivity contribution >= 4 is 28.0 Å². The van der Waals surface area contributed by atoms with E-state index < -0.39 is 11.6 Å². The van der Waals surface area contributed by atoms with Gasteiger partial charge in [0.15, 0.2) is 5.69 Å². The predicted octanol–water partition coefficient (Wildman–Crippen LogP) is 2.57. The molecule has 122 valence electrons. The number of esters is 1. The number of carbonyl (C=O) groups is 2. The van der Waals surface area contributed by atoms with E-state index in [4.69, 9.17) is 9.47 Å². The van der Waals surface area contributed by atoms with Crippen molar-refractivity contribution < 1.29 is 19.1 Å². The van der Waals surface area contributed by atoms with Crippen LogP contribution in [0.1, 0.15) is 43.4 Å². The van der Waals surface area contributed by atoms with Gasteiger partial charge in [0, 0.05) is 13.1 Å². The third-order valence-electron chi connectivity index (χ3n) is 3.16. The Kier molecular flexibility index (Phi) is 4.79. The molecule has 22 heavy (non-hydrogen) atoms. The lowest BCUT2D eigenvalue weighted by Crippen LogP contribution is -2.36. The van der Waals surface area contributed by atoms with E-state index >= 15 is 0 Å². The fraction of sp³-hybridized carbons (Fsp3) is 0.643. The number of methoxy groups -OCH3 is 1. The molecule has 0 aromatic carbocycles. The average molecular weight is 374 g/mol. The summed E-state index contributed by atoms with van der Waals surface area (Å²) < 4.78 is 12.4. The van der Waals surface area contributed by atoms with E-state index in [1.807, 2.05) is 20.8 Å². The van der Waals surface area contributed by atoms with Crippen molar-refractivity contribution in [1.82, 2.24) is 14.7 Å². The van der Waals surface area contributed by atoms with Gasteiger partial charge in [0.1, 0.15) is 5.60 Å². The van der Waals surface area contributed by atoms with Crippen LogP contribution in [0, 0.1) is 0 Å². The maximum Gasteiger partial charge on any atom is 0.410 e. The van der Waals surface area contributed by atoms with Gasteiger partial charge in [-0.05, 0) is 43.1 Å². The molecule has 0 fully saturated rings. The second-order valence-corrected chi connectivity index (χ2v) is 6.87. The summed E-state index contributed by atoms with van der Waals surface area (Å²) in [4.78, 5) is 25.6. The highest BCUT2D eigenvalue weighted by molar-refractivity contribution is 9.10. The predicted molar refractivity (Wildman–Crippen MR) is 82.5 cm³/mol. The first-order valence-electron chi connectivity index (χ1n) is 7.04. The van der Waals surface area contributed by atoms with Gasteiger partial charge in [-0.3, -0.25) is 4.68 Å². The lowest BCUT2D eigenvalue weighted by Gasteiger charge is -2.26. The molecule has 0 N–H and O–H groups in total. The molecule has 0 saturated heterocycles. The Balaban J connectivity index is 2.24. The molecular formula is C14H20BrN3O4. The van der Waals surface area contributed by atoms with Crippen LogP contribution in [0.2, 0.25) is 0 Å². The van der Waals surface area contributed by atoms with Crippen molar-refractivity contribution in [2.45, 2.75) is 45.9 Å². The molecule has 0 spiro atoms. The Hall–Kier alpha value is -1.57. The molecule has 1 aliphatic rings. The number of ether oxygens (including phenoxy) is 2. The highest BCUT2D eigenvalue weighted by atomic mass is 79.9. The Morgan fingerprint density at radius 2 is 1.95 bits per heavy atom. The van der Waals surface area contributed by atoms with Crippen LogP contribution in [0.15, 0.2) is 4.47 Å². The number of carbonyl (C=O) groups excluding carboxylic acids is 2. The molecule has 1 aromatic rings. The Bertz CT molecular complexity index is 592. The number of nitrogens with zero attached hydrogens (tertiary/aromatic N) is 3. The molecular weight excluding hydrogens is 354 g/mol. The molecule has 2 rings (SSSR count). The standard InChI is InChI=1S/C14H20BrN3O4/c1-14(2,3)22-13(20)17-6-5-7-18-9(8-17)10(15)11(16-18)12(19)21-4/h5-8H2,1-4H3. The topological polar surface area (TPSA) is 73.7 Å². The number of rotatable bonds is 1. The SMILES string of the molecule is COC(=O)c1nn2c(c1Br)CN(C(=O)OC(C)(C)C)CCC2. The summed E-state index contributed by atoms with van der Waals surface area (Å²) in [6, 6.07) is 0. The van der Waals surface area contributed by atoms with Gasteiger partial charge in [-0.25, -0.2) is 9.59 Å². The summed E-state index contributed by atoms with van der Waals surface area (Å²) >= 11 is 3.39. The van der Waals surface area contributed by atoms with Crippen LogP contribution in [-0.4, -0.2) is 46.0 Å². The number of amides is 1. The number of hydrogen-bond donors (Lipinski definition) is 0. The second kappa shape index (κ2) is 6.28. The summed E-state index contributed by atoms with van der Waals surface area (Å²) in [5, 5.41) is 4.27. The van der Waals surface area contributed by atoms with Crippen molar-refractivity contribution in [3.8, 4) is 0 Å². The zero-order valence-electron chi connectivity index (χ0n) is 13.2. The smallest absolute Gasteiger partial charge is 0.410 e. The van der Waals surface area contributed by atoms with Gasteiger partial charge in [-0.15, -0.1) is 0 Å². The van der Waals surface area contributed by atoms with Crippen LogP contribution in [-0.2, 0) is 22.6 Å². The Morgan fingerprint density at radius 3 is 2.55 bits per heavy atom. The summed E-state index contributed by atoms with van der Waals surface area (Å²) in [6.07, 6.45) is 0.370. The molecule has 0 aliphatic carbocycles. The van der Waals surface area contributed by atoms with Gasteiger partial charge in [0.2, 0.25) is 0 Å². The molecule has 2 heterocycles. The summed E-state index contributed by atoms with van der Waals surface area (Å²) in [6.45, 7) is 7.04. The molecule has 0 radical (unpaired) electrons. The van der Waals surface area contributed by atoms with E-state index in [0.29, 0.717) is 24.1 Å². The maximum absolute atomic E-state index is 12.3. The van der Waals surface area contributed by atoms with E-state index in [1.54, 1.807) is 9.58 Å². The highest BCUT2D eigenvalue weighted by Gasteiger charge is 2.29. The summed E-state index contributed by atoms with van der Waals surface area (Å²) in [5.41, 5.74) is 0.449. The van der Waals surface area contributed by atoms with Gasteiger partial charge in [-0.2, -0.15) is 5.10 Å². The Labute approximate surface area is 137 Å². The van der Waals surface area contributed by atoms with Gasteiger partial charge in [-0.1, -0.05) is 0 Å². The average Bonchev–Trinajstić information content (AvgIpc) is 2.62. The fourth-order valence-electron chi connectivity index (χ4n) is 2.19. The van der Waals surface area contributed by atoms with Gasteiger partial charge in [0.25, 0.3) is 0 Å². The quantitative estimate of drug-likeness (QED) is 0.707. The minimum absolute atomic E-state index is 0.225. The van der Waals surface area contributed by atoms with Crippen molar-refractivity contribution in [2.75, 3.05) is 13.7 Å². The minimum atomic E-state index is -0.544. The first-order valence-corrected chi connectivity index (χ1v) is 7.83. The molecule has 8 heteroatoms. The molecule has 7 nitrogen and oxygen atoms in total. The van der Waals surface area contributed by atoms with Crippen LogP contribution in [0.4, 0.5) is 4.79 Å². The van der Waals surface area contributed by atoms with E-state index in [0.717, 1.165) is 12.1 Å². The van der Waals surface area contributed by atoms with E-state index in [-0.39, 0.29) is 11.8 Å².